The average molecular weight is 370 g/mol. The maximum Gasteiger partial charge on any atom is 0.0780 e. The maximum atomic E-state index is 4.85. The molecule has 0 radical (unpaired) electrons. The van der Waals surface area contributed by atoms with Crippen LogP contribution in [0.25, 0.3) is 22.0 Å². The predicted octanol–water partition coefficient (Wildman–Crippen LogP) is 7.83. The van der Waals surface area contributed by atoms with Crippen molar-refractivity contribution in [2.24, 2.45) is 0 Å². The average Bonchev–Trinajstić information content (AvgIpc) is 3.39. The predicted molar refractivity (Wildman–Crippen MR) is 119 cm³/mol. The van der Waals surface area contributed by atoms with Gasteiger partial charge in [-0.2, -0.15) is 0 Å². The molecule has 0 atom stereocenters. The fraction of sp³-hybridized carbons (Fsp3) is 0.444. The van der Waals surface area contributed by atoms with Crippen LogP contribution in [0.2, 0.25) is 0 Å². The minimum absolute atomic E-state index is 0.757. The lowest BCUT2D eigenvalue weighted by atomic mass is 9.83. The lowest BCUT2D eigenvalue weighted by molar-refractivity contribution is 0.666. The summed E-state index contributed by atoms with van der Waals surface area (Å²) in [5.41, 5.74) is 8.35. The summed E-state index contributed by atoms with van der Waals surface area (Å²) in [6.45, 7) is 4.37. The van der Waals surface area contributed by atoms with Crippen molar-refractivity contribution in [3.05, 3.63) is 64.8 Å². The van der Waals surface area contributed by atoms with Gasteiger partial charge in [-0.05, 0) is 92.1 Å². The van der Waals surface area contributed by atoms with E-state index >= 15 is 0 Å². The Morgan fingerprint density at radius 2 is 1.29 bits per heavy atom. The third kappa shape index (κ3) is 3.26. The van der Waals surface area contributed by atoms with E-state index in [0.29, 0.717) is 0 Å². The van der Waals surface area contributed by atoms with Crippen LogP contribution in [0.1, 0.15) is 85.5 Å². The van der Waals surface area contributed by atoms with Crippen LogP contribution in [-0.4, -0.2) is 4.98 Å². The molecule has 0 saturated heterocycles. The molecule has 1 nitrogen and oxygen atoms in total. The van der Waals surface area contributed by atoms with Gasteiger partial charge >= 0.3 is 0 Å². The number of hydrogen-bond donors (Lipinski definition) is 0. The first-order valence-electron chi connectivity index (χ1n) is 11.2. The Kier molecular flexibility index (Phi) is 4.70. The highest BCUT2D eigenvalue weighted by atomic mass is 14.7. The van der Waals surface area contributed by atoms with Gasteiger partial charge in [0, 0.05) is 17.1 Å². The van der Waals surface area contributed by atoms with Gasteiger partial charge in [-0.3, -0.25) is 4.98 Å². The molecule has 2 aliphatic rings. The van der Waals surface area contributed by atoms with Crippen LogP contribution in [-0.2, 0) is 0 Å². The third-order valence-electron chi connectivity index (χ3n) is 7.05. The highest BCUT2D eigenvalue weighted by Crippen LogP contribution is 2.44. The molecule has 0 N–H and O–H groups in total. The van der Waals surface area contributed by atoms with Crippen molar-refractivity contribution in [2.75, 3.05) is 0 Å². The number of benzene rings is 2. The Balaban J connectivity index is 1.72. The Labute approximate surface area is 169 Å². The molecule has 2 aliphatic carbocycles. The zero-order valence-electron chi connectivity index (χ0n) is 17.3. The van der Waals surface area contributed by atoms with Crippen molar-refractivity contribution in [1.29, 1.82) is 0 Å². The Morgan fingerprint density at radius 3 is 1.89 bits per heavy atom. The first-order valence-corrected chi connectivity index (χ1v) is 11.2. The Bertz CT molecular complexity index is 984. The number of pyridine rings is 1. The molecular formula is C27H31N. The van der Waals surface area contributed by atoms with E-state index in [-0.39, 0.29) is 0 Å². The molecule has 2 fully saturated rings. The van der Waals surface area contributed by atoms with E-state index in [1.165, 1.54) is 78.8 Å². The maximum absolute atomic E-state index is 4.85. The van der Waals surface area contributed by atoms with E-state index in [1.807, 2.05) is 6.20 Å². The van der Waals surface area contributed by atoms with Crippen LogP contribution >= 0.6 is 0 Å². The second-order valence-corrected chi connectivity index (χ2v) is 9.20. The van der Waals surface area contributed by atoms with Crippen LogP contribution in [0.3, 0.4) is 0 Å². The second kappa shape index (κ2) is 7.35. The van der Waals surface area contributed by atoms with Gasteiger partial charge in [0.1, 0.15) is 0 Å². The zero-order valence-corrected chi connectivity index (χ0v) is 17.3. The van der Waals surface area contributed by atoms with E-state index in [4.69, 9.17) is 4.98 Å². The standard InChI is InChI=1S/C27H31N/c1-18-13-19(2)15-23(14-18)27-26-17-25(21-9-5-6-10-21)24(20-7-3-4-8-20)16-22(26)11-12-28-27/h11-17,20-21H,3-10H2,1-2H3. The molecule has 0 unspecified atom stereocenters. The van der Waals surface area contributed by atoms with Gasteiger partial charge in [0.2, 0.25) is 0 Å². The van der Waals surface area contributed by atoms with Gasteiger partial charge in [-0.25, -0.2) is 0 Å². The van der Waals surface area contributed by atoms with Gasteiger partial charge in [-0.15, -0.1) is 0 Å². The van der Waals surface area contributed by atoms with Crippen LogP contribution in [0.5, 0.6) is 0 Å². The van der Waals surface area contributed by atoms with Crippen molar-refractivity contribution in [2.45, 2.75) is 77.0 Å². The molecule has 1 aromatic heterocycles. The summed E-state index contributed by atoms with van der Waals surface area (Å²) in [5, 5.41) is 2.71. The molecule has 2 saturated carbocycles. The summed E-state index contributed by atoms with van der Waals surface area (Å²) in [5.74, 6) is 1.53. The molecule has 2 aromatic carbocycles. The summed E-state index contributed by atoms with van der Waals surface area (Å²) in [6.07, 6.45) is 13.1. The fourth-order valence-corrected chi connectivity index (χ4v) is 5.78. The monoisotopic (exact) mass is 369 g/mol. The SMILES string of the molecule is Cc1cc(C)cc(-c2nccc3cc(C4CCCC4)c(C4CCCC4)cc23)c1. The molecule has 3 aromatic rings. The molecule has 0 amide bonds. The number of aryl methyl sites for hydroxylation is 2. The molecule has 1 heteroatoms. The number of nitrogens with zero attached hydrogens (tertiary/aromatic N) is 1. The molecular weight excluding hydrogens is 338 g/mol. The molecule has 5 rings (SSSR count). The van der Waals surface area contributed by atoms with E-state index < -0.39 is 0 Å². The normalized spacial score (nSPS) is 18.4. The fourth-order valence-electron chi connectivity index (χ4n) is 5.78. The van der Waals surface area contributed by atoms with Crippen molar-refractivity contribution in [3.8, 4) is 11.3 Å². The van der Waals surface area contributed by atoms with Gasteiger partial charge in [-0.1, -0.05) is 48.9 Å². The largest absolute Gasteiger partial charge is 0.256 e. The van der Waals surface area contributed by atoms with Crippen molar-refractivity contribution in [1.82, 2.24) is 4.98 Å². The summed E-state index contributed by atoms with van der Waals surface area (Å²) in [7, 11) is 0. The third-order valence-corrected chi connectivity index (χ3v) is 7.05. The van der Waals surface area contributed by atoms with Crippen LogP contribution in [0, 0.1) is 13.8 Å². The topological polar surface area (TPSA) is 12.9 Å². The molecule has 28 heavy (non-hydrogen) atoms. The molecule has 144 valence electrons. The van der Waals surface area contributed by atoms with Crippen LogP contribution in [0.15, 0.2) is 42.6 Å². The summed E-state index contributed by atoms with van der Waals surface area (Å²) in [4.78, 5) is 4.85. The second-order valence-electron chi connectivity index (χ2n) is 9.20. The first kappa shape index (κ1) is 17.9. The van der Waals surface area contributed by atoms with Crippen molar-refractivity contribution < 1.29 is 0 Å². The van der Waals surface area contributed by atoms with Gasteiger partial charge in [0.15, 0.2) is 0 Å². The minimum atomic E-state index is 0.757. The Morgan fingerprint density at radius 1 is 0.714 bits per heavy atom. The van der Waals surface area contributed by atoms with Gasteiger partial charge in [0.05, 0.1) is 5.69 Å². The first-order chi connectivity index (χ1) is 13.7. The number of fused-ring (bicyclic) bond motifs is 1. The van der Waals surface area contributed by atoms with Gasteiger partial charge < -0.3 is 0 Å². The quantitative estimate of drug-likeness (QED) is 0.458. The molecule has 0 aliphatic heterocycles. The van der Waals surface area contributed by atoms with Crippen molar-refractivity contribution >= 4 is 10.8 Å². The number of aromatic nitrogens is 1. The van der Waals surface area contributed by atoms with E-state index in [2.05, 4.69) is 50.2 Å². The highest BCUT2D eigenvalue weighted by Gasteiger charge is 2.26. The zero-order chi connectivity index (χ0) is 19.1. The summed E-state index contributed by atoms with van der Waals surface area (Å²) < 4.78 is 0. The van der Waals surface area contributed by atoms with E-state index in [9.17, 15) is 0 Å². The highest BCUT2D eigenvalue weighted by molar-refractivity contribution is 5.95. The smallest absolute Gasteiger partial charge is 0.0780 e. The summed E-state index contributed by atoms with van der Waals surface area (Å²) >= 11 is 0. The van der Waals surface area contributed by atoms with Crippen LogP contribution < -0.4 is 0 Å². The Hall–Kier alpha value is -2.15. The summed E-state index contributed by atoms with van der Waals surface area (Å²) in [6, 6.07) is 14.1. The lowest BCUT2D eigenvalue weighted by Crippen LogP contribution is -2.04. The molecule has 0 spiro atoms. The number of rotatable bonds is 3. The van der Waals surface area contributed by atoms with Crippen molar-refractivity contribution in [3.63, 3.8) is 0 Å². The minimum Gasteiger partial charge on any atom is -0.256 e. The van der Waals surface area contributed by atoms with E-state index in [1.54, 1.807) is 11.1 Å². The van der Waals surface area contributed by atoms with Gasteiger partial charge in [0.25, 0.3) is 0 Å². The molecule has 1 heterocycles. The van der Waals surface area contributed by atoms with E-state index in [0.717, 1.165) is 17.5 Å². The number of hydrogen-bond acceptors (Lipinski definition) is 1. The molecule has 0 bridgehead atoms. The van der Waals surface area contributed by atoms with Crippen LogP contribution in [0.4, 0.5) is 0 Å². The lowest BCUT2D eigenvalue weighted by Gasteiger charge is -2.22.